The summed E-state index contributed by atoms with van der Waals surface area (Å²) in [7, 11) is 0. The van der Waals surface area contributed by atoms with Crippen molar-refractivity contribution < 1.29 is 4.92 Å². The molecule has 0 amide bonds. The molecule has 0 heterocycles. The molecule has 0 aliphatic rings. The van der Waals surface area contributed by atoms with E-state index in [0.29, 0.717) is 6.54 Å². The summed E-state index contributed by atoms with van der Waals surface area (Å²) in [6.07, 6.45) is 1.97. The Hall–Kier alpha value is -1.39. The molecule has 0 saturated carbocycles. The summed E-state index contributed by atoms with van der Waals surface area (Å²) in [6, 6.07) is 0. The lowest BCUT2D eigenvalue weighted by Gasteiger charge is -2.17. The van der Waals surface area contributed by atoms with Gasteiger partial charge in [-0.1, -0.05) is 20.8 Å². The maximum atomic E-state index is 10.2. The molecule has 0 aromatic rings. The monoisotopic (exact) mass is 185 g/mol. The lowest BCUT2D eigenvalue weighted by molar-refractivity contribution is -0.414. The summed E-state index contributed by atoms with van der Waals surface area (Å²) < 4.78 is 0. The van der Waals surface area contributed by atoms with Gasteiger partial charge >= 0.3 is 5.70 Å². The van der Waals surface area contributed by atoms with Crippen LogP contribution in [0.1, 0.15) is 20.8 Å². The highest BCUT2D eigenvalue weighted by atomic mass is 16.6. The predicted molar refractivity (Wildman–Crippen MR) is 51.3 cm³/mol. The van der Waals surface area contributed by atoms with Gasteiger partial charge in [0.1, 0.15) is 0 Å². The molecule has 0 spiro atoms. The second-order valence-corrected chi connectivity index (χ2v) is 3.91. The van der Waals surface area contributed by atoms with Crippen LogP contribution in [0, 0.1) is 20.9 Å². The zero-order valence-corrected chi connectivity index (χ0v) is 8.13. The molecule has 0 aliphatic carbocycles. The van der Waals surface area contributed by atoms with Crippen LogP contribution < -0.4 is 5.32 Å². The van der Waals surface area contributed by atoms with E-state index < -0.39 is 4.92 Å². The Morgan fingerprint density at radius 2 is 2.15 bits per heavy atom. The molecule has 0 aromatic carbocycles. The summed E-state index contributed by atoms with van der Waals surface area (Å²) in [5.74, 6) is 0. The van der Waals surface area contributed by atoms with Gasteiger partial charge in [0.25, 0.3) is 0 Å². The minimum Gasteiger partial charge on any atom is -0.385 e. The fourth-order valence-corrected chi connectivity index (χ4v) is 0.609. The molecule has 0 rings (SSSR count). The Kier molecular flexibility index (Phi) is 4.10. The van der Waals surface area contributed by atoms with Crippen molar-refractivity contribution in [1.82, 2.24) is 5.32 Å². The number of nitro groups is 1. The molecule has 2 N–H and O–H groups in total. The quantitative estimate of drug-likeness (QED) is 0.394. The van der Waals surface area contributed by atoms with Crippen molar-refractivity contribution in [2.45, 2.75) is 20.8 Å². The fourth-order valence-electron chi connectivity index (χ4n) is 0.609. The van der Waals surface area contributed by atoms with Crippen molar-refractivity contribution >= 4 is 6.21 Å². The Bertz CT molecular complexity index is 228. The molecular weight excluding hydrogens is 170 g/mol. The molecule has 5 heteroatoms. The zero-order chi connectivity index (χ0) is 10.5. The van der Waals surface area contributed by atoms with Crippen molar-refractivity contribution in [1.29, 1.82) is 5.41 Å². The third-order valence-corrected chi connectivity index (χ3v) is 1.24. The average Bonchev–Trinajstić information content (AvgIpc) is 1.95. The average molecular weight is 185 g/mol. The van der Waals surface area contributed by atoms with Crippen molar-refractivity contribution in [3.8, 4) is 0 Å². The first kappa shape index (κ1) is 11.6. The van der Waals surface area contributed by atoms with E-state index in [4.69, 9.17) is 5.41 Å². The number of rotatable bonds is 4. The van der Waals surface area contributed by atoms with E-state index in [0.717, 1.165) is 6.21 Å². The number of nitrogens with zero attached hydrogens (tertiary/aromatic N) is 1. The summed E-state index contributed by atoms with van der Waals surface area (Å²) in [5, 5.41) is 19.8. The molecule has 0 aliphatic heterocycles. The van der Waals surface area contributed by atoms with Crippen LogP contribution in [0.25, 0.3) is 0 Å². The SMILES string of the molecule is CC(C)(C)CN/C=C(\C=N)[N+](=O)[O-]. The first-order valence-corrected chi connectivity index (χ1v) is 3.95. The van der Waals surface area contributed by atoms with Crippen LogP contribution in [0.4, 0.5) is 0 Å². The number of nitrogens with one attached hydrogen (secondary N) is 2. The van der Waals surface area contributed by atoms with Gasteiger partial charge in [0, 0.05) is 6.54 Å². The second kappa shape index (κ2) is 4.59. The van der Waals surface area contributed by atoms with Gasteiger partial charge in [0.15, 0.2) is 0 Å². The van der Waals surface area contributed by atoms with Crippen molar-refractivity contribution in [2.75, 3.05) is 6.54 Å². The van der Waals surface area contributed by atoms with Gasteiger partial charge in [-0.2, -0.15) is 0 Å². The molecule has 0 unspecified atom stereocenters. The first-order valence-electron chi connectivity index (χ1n) is 3.95. The Morgan fingerprint density at radius 1 is 1.62 bits per heavy atom. The highest BCUT2D eigenvalue weighted by Crippen LogP contribution is 2.10. The third kappa shape index (κ3) is 5.84. The number of hydrogen-bond donors (Lipinski definition) is 2. The molecule has 0 fully saturated rings. The number of hydrogen-bond acceptors (Lipinski definition) is 4. The minimum absolute atomic E-state index is 0.0697. The van der Waals surface area contributed by atoms with Crippen LogP contribution in [0.15, 0.2) is 11.9 Å². The first-order chi connectivity index (χ1) is 5.87. The van der Waals surface area contributed by atoms with Crippen LogP contribution >= 0.6 is 0 Å². The van der Waals surface area contributed by atoms with Crippen LogP contribution in [0.3, 0.4) is 0 Å². The van der Waals surface area contributed by atoms with Crippen LogP contribution in [0.5, 0.6) is 0 Å². The fraction of sp³-hybridized carbons (Fsp3) is 0.625. The van der Waals surface area contributed by atoms with E-state index in [9.17, 15) is 10.1 Å². The predicted octanol–water partition coefficient (Wildman–Crippen LogP) is 1.39. The second-order valence-electron chi connectivity index (χ2n) is 3.91. The third-order valence-electron chi connectivity index (χ3n) is 1.24. The molecule has 5 nitrogen and oxygen atoms in total. The van der Waals surface area contributed by atoms with Crippen molar-refractivity contribution in [2.24, 2.45) is 5.41 Å². The smallest absolute Gasteiger partial charge is 0.302 e. The number of allylic oxidation sites excluding steroid dienone is 1. The van der Waals surface area contributed by atoms with E-state index >= 15 is 0 Å². The summed E-state index contributed by atoms with van der Waals surface area (Å²) in [6.45, 7) is 6.69. The summed E-state index contributed by atoms with van der Waals surface area (Å²) >= 11 is 0. The molecule has 0 radical (unpaired) electrons. The van der Waals surface area contributed by atoms with Crippen LogP contribution in [0.2, 0.25) is 0 Å². The summed E-state index contributed by atoms with van der Waals surface area (Å²) in [4.78, 5) is 9.64. The van der Waals surface area contributed by atoms with Crippen LogP contribution in [-0.4, -0.2) is 17.7 Å². The van der Waals surface area contributed by atoms with Gasteiger partial charge in [-0.25, -0.2) is 0 Å². The minimum atomic E-state index is -0.595. The Balaban J connectivity index is 4.10. The van der Waals surface area contributed by atoms with E-state index in [2.05, 4.69) is 5.32 Å². The Labute approximate surface area is 77.5 Å². The standard InChI is InChI=1S/C8H15N3O2/c1-8(2,3)6-10-5-7(4-9)11(12)13/h4-5,9-10H,6H2,1-3H3/b7-5+,9-4?. The van der Waals surface area contributed by atoms with Gasteiger partial charge in [-0.3, -0.25) is 10.1 Å². The lowest BCUT2D eigenvalue weighted by Crippen LogP contribution is -2.23. The van der Waals surface area contributed by atoms with Gasteiger partial charge in [0.2, 0.25) is 0 Å². The van der Waals surface area contributed by atoms with Crippen molar-refractivity contribution in [3.05, 3.63) is 22.0 Å². The highest BCUT2D eigenvalue weighted by Gasteiger charge is 2.10. The molecule has 0 atom stereocenters. The van der Waals surface area contributed by atoms with E-state index in [1.54, 1.807) is 0 Å². The zero-order valence-electron chi connectivity index (χ0n) is 8.13. The van der Waals surface area contributed by atoms with E-state index in [1.807, 2.05) is 20.8 Å². The molecule has 0 bridgehead atoms. The molecule has 74 valence electrons. The largest absolute Gasteiger partial charge is 0.385 e. The van der Waals surface area contributed by atoms with Gasteiger partial charge in [0.05, 0.1) is 17.3 Å². The topological polar surface area (TPSA) is 79.0 Å². The van der Waals surface area contributed by atoms with Gasteiger partial charge < -0.3 is 10.7 Å². The Morgan fingerprint density at radius 3 is 2.46 bits per heavy atom. The maximum Gasteiger partial charge on any atom is 0.302 e. The highest BCUT2D eigenvalue weighted by molar-refractivity contribution is 5.71. The molecule has 13 heavy (non-hydrogen) atoms. The maximum absolute atomic E-state index is 10.2. The van der Waals surface area contributed by atoms with Gasteiger partial charge in [-0.15, -0.1) is 0 Å². The molecule has 0 saturated heterocycles. The van der Waals surface area contributed by atoms with E-state index in [-0.39, 0.29) is 11.1 Å². The normalized spacial score (nSPS) is 12.4. The molecule has 0 aromatic heterocycles. The van der Waals surface area contributed by atoms with Gasteiger partial charge in [-0.05, 0) is 5.41 Å². The van der Waals surface area contributed by atoms with E-state index in [1.165, 1.54) is 6.20 Å². The van der Waals surface area contributed by atoms with Crippen LogP contribution in [-0.2, 0) is 0 Å². The molecular formula is C8H15N3O2. The lowest BCUT2D eigenvalue weighted by atomic mass is 9.97. The summed E-state index contributed by atoms with van der Waals surface area (Å²) in [5.41, 5.74) is -0.162. The van der Waals surface area contributed by atoms with Crippen molar-refractivity contribution in [3.63, 3.8) is 0 Å².